The third kappa shape index (κ3) is 4.30. The van der Waals surface area contributed by atoms with Gasteiger partial charge in [0.2, 0.25) is 0 Å². The summed E-state index contributed by atoms with van der Waals surface area (Å²) in [5.74, 6) is 1.66. The van der Waals surface area contributed by atoms with Crippen LogP contribution in [0, 0.1) is 5.41 Å². The van der Waals surface area contributed by atoms with Crippen LogP contribution in [0.5, 0.6) is 5.75 Å². The Morgan fingerprint density at radius 1 is 1.21 bits per heavy atom. The van der Waals surface area contributed by atoms with E-state index in [1.165, 1.54) is 38.5 Å². The van der Waals surface area contributed by atoms with E-state index in [2.05, 4.69) is 28.6 Å². The highest BCUT2D eigenvalue weighted by Gasteiger charge is 2.30. The first-order valence-corrected chi connectivity index (χ1v) is 8.64. The summed E-state index contributed by atoms with van der Waals surface area (Å²) in [5, 5.41) is 0.664. The predicted octanol–water partition coefficient (Wildman–Crippen LogP) is 5.75. The van der Waals surface area contributed by atoms with Gasteiger partial charge < -0.3 is 4.74 Å². The topological polar surface area (TPSA) is 9.23 Å². The Morgan fingerprint density at radius 2 is 1.89 bits per heavy atom. The first-order chi connectivity index (χ1) is 9.15. The summed E-state index contributed by atoms with van der Waals surface area (Å²) >= 11 is 14.2. The number of thiol groups is 1. The molecule has 0 heterocycles. The average Bonchev–Trinajstić information content (AvgIpc) is 2.64. The molecule has 19 heavy (non-hydrogen) atoms. The van der Waals surface area contributed by atoms with Crippen LogP contribution in [0.25, 0.3) is 0 Å². The van der Waals surface area contributed by atoms with Crippen LogP contribution in [0.4, 0.5) is 0 Å². The molecule has 0 saturated heterocycles. The van der Waals surface area contributed by atoms with E-state index in [4.69, 9.17) is 16.3 Å². The zero-order valence-electron chi connectivity index (χ0n) is 11.0. The van der Waals surface area contributed by atoms with E-state index >= 15 is 0 Å². The normalized spacial score (nSPS) is 18.9. The van der Waals surface area contributed by atoms with Gasteiger partial charge in [-0.25, -0.2) is 0 Å². The average molecular weight is 364 g/mol. The standard InChI is InChI=1S/C15H20BrClOS/c16-12-5-6-14(13(17)9-12)18-10-15(11-19)7-3-1-2-4-8-15/h5-6,9,19H,1-4,7-8,10-11H2. The van der Waals surface area contributed by atoms with Gasteiger partial charge in [0.1, 0.15) is 5.75 Å². The van der Waals surface area contributed by atoms with Crippen LogP contribution in [-0.4, -0.2) is 12.4 Å². The van der Waals surface area contributed by atoms with Crippen molar-refractivity contribution in [1.29, 1.82) is 0 Å². The molecule has 1 fully saturated rings. The molecule has 0 N–H and O–H groups in total. The molecular formula is C15H20BrClOS. The molecule has 4 heteroatoms. The number of ether oxygens (including phenoxy) is 1. The Hall–Kier alpha value is 0.140. The molecule has 106 valence electrons. The van der Waals surface area contributed by atoms with Crippen molar-refractivity contribution in [1.82, 2.24) is 0 Å². The minimum absolute atomic E-state index is 0.218. The van der Waals surface area contributed by atoms with Crippen LogP contribution < -0.4 is 4.74 Å². The van der Waals surface area contributed by atoms with E-state index in [1.807, 2.05) is 18.2 Å². The Bertz CT molecular complexity index is 417. The maximum absolute atomic E-state index is 6.19. The number of halogens is 2. The summed E-state index contributed by atoms with van der Waals surface area (Å²) < 4.78 is 6.95. The summed E-state index contributed by atoms with van der Waals surface area (Å²) in [6, 6.07) is 5.76. The van der Waals surface area contributed by atoms with Crippen LogP contribution >= 0.6 is 40.2 Å². The summed E-state index contributed by atoms with van der Waals surface area (Å²) in [6.45, 7) is 0.720. The minimum atomic E-state index is 0.218. The fraction of sp³-hybridized carbons (Fsp3) is 0.600. The van der Waals surface area contributed by atoms with Gasteiger partial charge in [0.25, 0.3) is 0 Å². The van der Waals surface area contributed by atoms with Gasteiger partial charge in [0, 0.05) is 9.89 Å². The quantitative estimate of drug-likeness (QED) is 0.529. The molecule has 0 atom stereocenters. The van der Waals surface area contributed by atoms with Gasteiger partial charge >= 0.3 is 0 Å². The summed E-state index contributed by atoms with van der Waals surface area (Å²) in [4.78, 5) is 0. The Kier molecular flexibility index (Phi) is 5.91. The van der Waals surface area contributed by atoms with Gasteiger partial charge in [-0.1, -0.05) is 53.2 Å². The second kappa shape index (κ2) is 7.24. The lowest BCUT2D eigenvalue weighted by molar-refractivity contribution is 0.148. The highest BCUT2D eigenvalue weighted by atomic mass is 79.9. The molecule has 2 rings (SSSR count). The van der Waals surface area contributed by atoms with Crippen LogP contribution in [0.15, 0.2) is 22.7 Å². The first-order valence-electron chi connectivity index (χ1n) is 6.84. The van der Waals surface area contributed by atoms with Crippen molar-refractivity contribution < 1.29 is 4.74 Å². The maximum atomic E-state index is 6.19. The summed E-state index contributed by atoms with van der Waals surface area (Å²) in [6.07, 6.45) is 7.69. The third-order valence-corrected chi connectivity index (χ3v) is 5.39. The fourth-order valence-electron chi connectivity index (χ4n) is 2.65. The molecular weight excluding hydrogens is 344 g/mol. The molecule has 1 aliphatic carbocycles. The molecule has 0 amide bonds. The van der Waals surface area contributed by atoms with E-state index in [9.17, 15) is 0 Å². The zero-order valence-corrected chi connectivity index (χ0v) is 14.2. The molecule has 0 aromatic heterocycles. The van der Waals surface area contributed by atoms with E-state index < -0.39 is 0 Å². The van der Waals surface area contributed by atoms with E-state index in [0.29, 0.717) is 5.02 Å². The van der Waals surface area contributed by atoms with Crippen LogP contribution in [0.3, 0.4) is 0 Å². The zero-order chi connectivity index (χ0) is 13.7. The van der Waals surface area contributed by atoms with Crippen molar-refractivity contribution in [2.24, 2.45) is 5.41 Å². The highest BCUT2D eigenvalue weighted by molar-refractivity contribution is 9.10. The summed E-state index contributed by atoms with van der Waals surface area (Å²) in [5.41, 5.74) is 0.218. The van der Waals surface area contributed by atoms with Gasteiger partial charge in [-0.05, 0) is 36.8 Å². The number of hydrogen-bond acceptors (Lipinski definition) is 2. The van der Waals surface area contributed by atoms with Gasteiger partial charge in [-0.3, -0.25) is 0 Å². The van der Waals surface area contributed by atoms with Gasteiger partial charge in [-0.15, -0.1) is 0 Å². The van der Waals surface area contributed by atoms with Crippen molar-refractivity contribution in [3.8, 4) is 5.75 Å². The molecule has 1 aliphatic rings. The van der Waals surface area contributed by atoms with Crippen molar-refractivity contribution in [3.05, 3.63) is 27.7 Å². The molecule has 0 spiro atoms. The minimum Gasteiger partial charge on any atom is -0.491 e. The molecule has 0 radical (unpaired) electrons. The van der Waals surface area contributed by atoms with Crippen molar-refractivity contribution in [2.75, 3.05) is 12.4 Å². The predicted molar refractivity (Wildman–Crippen MR) is 88.6 cm³/mol. The summed E-state index contributed by atoms with van der Waals surface area (Å²) in [7, 11) is 0. The highest BCUT2D eigenvalue weighted by Crippen LogP contribution is 2.37. The van der Waals surface area contributed by atoms with Crippen molar-refractivity contribution in [3.63, 3.8) is 0 Å². The molecule has 1 aromatic carbocycles. The largest absolute Gasteiger partial charge is 0.491 e. The second-order valence-electron chi connectivity index (χ2n) is 5.44. The molecule has 0 unspecified atom stereocenters. The van der Waals surface area contributed by atoms with E-state index in [-0.39, 0.29) is 5.41 Å². The second-order valence-corrected chi connectivity index (χ2v) is 7.07. The Balaban J connectivity index is 2.02. The maximum Gasteiger partial charge on any atom is 0.137 e. The molecule has 0 aliphatic heterocycles. The number of benzene rings is 1. The lowest BCUT2D eigenvalue weighted by atomic mass is 9.83. The van der Waals surface area contributed by atoms with Crippen molar-refractivity contribution >= 4 is 40.2 Å². The number of rotatable bonds is 4. The Labute approximate surface area is 134 Å². The lowest BCUT2D eigenvalue weighted by Crippen LogP contribution is -2.30. The SMILES string of the molecule is SCC1(COc2ccc(Br)cc2Cl)CCCCCC1. The van der Waals surface area contributed by atoms with E-state index in [1.54, 1.807) is 0 Å². The van der Waals surface area contributed by atoms with Gasteiger partial charge in [0.15, 0.2) is 0 Å². The van der Waals surface area contributed by atoms with E-state index in [0.717, 1.165) is 22.6 Å². The fourth-order valence-corrected chi connectivity index (χ4v) is 3.79. The molecule has 1 nitrogen and oxygen atoms in total. The lowest BCUT2D eigenvalue weighted by Gasteiger charge is -2.31. The van der Waals surface area contributed by atoms with Crippen molar-refractivity contribution in [2.45, 2.75) is 38.5 Å². The molecule has 0 bridgehead atoms. The van der Waals surface area contributed by atoms with Crippen LogP contribution in [0.2, 0.25) is 5.02 Å². The van der Waals surface area contributed by atoms with Gasteiger partial charge in [0.05, 0.1) is 11.6 Å². The van der Waals surface area contributed by atoms with Gasteiger partial charge in [-0.2, -0.15) is 12.6 Å². The molecule has 1 saturated carbocycles. The Morgan fingerprint density at radius 3 is 2.47 bits per heavy atom. The van der Waals surface area contributed by atoms with Crippen LogP contribution in [0.1, 0.15) is 38.5 Å². The first kappa shape index (κ1) is 15.5. The third-order valence-electron chi connectivity index (χ3n) is 3.93. The monoisotopic (exact) mass is 362 g/mol. The number of hydrogen-bond donors (Lipinski definition) is 1. The van der Waals surface area contributed by atoms with Crippen LogP contribution in [-0.2, 0) is 0 Å². The smallest absolute Gasteiger partial charge is 0.137 e. The molecule has 1 aromatic rings.